The lowest BCUT2D eigenvalue weighted by atomic mass is 10.0. The van der Waals surface area contributed by atoms with Gasteiger partial charge in [0.2, 0.25) is 5.89 Å². The molecule has 3 aromatic rings. The number of amides is 1. The first-order valence-electron chi connectivity index (χ1n) is 10.1. The third-order valence-corrected chi connectivity index (χ3v) is 6.43. The van der Waals surface area contributed by atoms with Crippen molar-refractivity contribution >= 4 is 23.6 Å². The van der Waals surface area contributed by atoms with Crippen LogP contribution in [-0.4, -0.2) is 51.7 Å². The molecule has 0 aliphatic carbocycles. The van der Waals surface area contributed by atoms with Gasteiger partial charge in [-0.25, -0.2) is 4.79 Å². The lowest BCUT2D eigenvalue weighted by Gasteiger charge is -2.33. The van der Waals surface area contributed by atoms with Crippen LogP contribution in [0.25, 0.3) is 0 Å². The largest absolute Gasteiger partial charge is 0.464 e. The molecular formula is C22H24N4O4S. The minimum absolute atomic E-state index is 0.0199. The van der Waals surface area contributed by atoms with Crippen molar-refractivity contribution in [1.82, 2.24) is 19.6 Å². The molecule has 0 saturated carbocycles. The van der Waals surface area contributed by atoms with Crippen molar-refractivity contribution < 1.29 is 18.8 Å². The lowest BCUT2D eigenvalue weighted by Crippen LogP contribution is -2.39. The topological polar surface area (TPSA) is 90.5 Å². The number of piperidine rings is 1. The average Bonchev–Trinajstić information content (AvgIpc) is 3.46. The summed E-state index contributed by atoms with van der Waals surface area (Å²) in [6, 6.07) is 11.4. The molecule has 1 aromatic carbocycles. The normalized spacial score (nSPS) is 14.6. The van der Waals surface area contributed by atoms with E-state index in [0.717, 1.165) is 17.7 Å². The first kappa shape index (κ1) is 21.2. The van der Waals surface area contributed by atoms with Crippen LogP contribution in [0.2, 0.25) is 0 Å². The number of thioether (sulfide) groups is 1. The Morgan fingerprint density at radius 2 is 1.97 bits per heavy atom. The van der Waals surface area contributed by atoms with Gasteiger partial charge in [0.25, 0.3) is 5.91 Å². The molecule has 0 spiro atoms. The number of rotatable bonds is 6. The summed E-state index contributed by atoms with van der Waals surface area (Å²) in [5.41, 5.74) is 1.23. The van der Waals surface area contributed by atoms with Crippen molar-refractivity contribution in [2.24, 2.45) is 0 Å². The summed E-state index contributed by atoms with van der Waals surface area (Å²) in [4.78, 5) is 32.2. The van der Waals surface area contributed by atoms with Crippen molar-refractivity contribution in [1.29, 1.82) is 0 Å². The fraction of sp³-hybridized carbons (Fsp3) is 0.364. The summed E-state index contributed by atoms with van der Waals surface area (Å²) in [5, 5.41) is 3.92. The molecule has 3 heterocycles. The van der Waals surface area contributed by atoms with Gasteiger partial charge in [-0.1, -0.05) is 17.3 Å². The van der Waals surface area contributed by atoms with E-state index in [1.807, 2.05) is 46.0 Å². The number of aryl methyl sites for hydroxylation is 1. The summed E-state index contributed by atoms with van der Waals surface area (Å²) in [7, 11) is 1.39. The molecule has 1 aliphatic heterocycles. The zero-order valence-corrected chi connectivity index (χ0v) is 18.3. The Bertz CT molecular complexity index is 1070. The molecule has 0 unspecified atom stereocenters. The maximum atomic E-state index is 13.2. The number of ether oxygens (including phenoxy) is 1. The molecule has 9 heteroatoms. The van der Waals surface area contributed by atoms with Crippen LogP contribution in [0.15, 0.2) is 52.0 Å². The molecule has 2 aromatic heterocycles. The van der Waals surface area contributed by atoms with Crippen LogP contribution >= 0.6 is 11.8 Å². The van der Waals surface area contributed by atoms with E-state index in [9.17, 15) is 9.59 Å². The molecule has 0 N–H and O–H groups in total. The van der Waals surface area contributed by atoms with Gasteiger partial charge in [0.15, 0.2) is 5.82 Å². The number of esters is 1. The van der Waals surface area contributed by atoms with Gasteiger partial charge in [-0.05, 0) is 37.1 Å². The van der Waals surface area contributed by atoms with Crippen LogP contribution in [0, 0.1) is 6.92 Å². The van der Waals surface area contributed by atoms with Gasteiger partial charge in [-0.2, -0.15) is 4.98 Å². The molecule has 8 nitrogen and oxygen atoms in total. The number of aromatic nitrogens is 3. The number of benzene rings is 1. The smallest absolute Gasteiger partial charge is 0.354 e. The number of methoxy groups -OCH3 is 1. The second-order valence-electron chi connectivity index (χ2n) is 7.33. The molecule has 0 radical (unpaired) electrons. The highest BCUT2D eigenvalue weighted by atomic mass is 32.2. The molecule has 0 atom stereocenters. The Morgan fingerprint density at radius 3 is 2.68 bits per heavy atom. The van der Waals surface area contributed by atoms with Crippen LogP contribution in [0.4, 0.5) is 0 Å². The van der Waals surface area contributed by atoms with E-state index in [1.165, 1.54) is 18.9 Å². The molecule has 31 heavy (non-hydrogen) atoms. The van der Waals surface area contributed by atoms with E-state index in [-0.39, 0.29) is 17.9 Å². The first-order chi connectivity index (χ1) is 15.1. The molecule has 0 bridgehead atoms. The van der Waals surface area contributed by atoms with Crippen LogP contribution in [0.5, 0.6) is 0 Å². The first-order valence-corrected chi connectivity index (χ1v) is 11.1. The molecule has 1 aliphatic rings. The van der Waals surface area contributed by atoms with Gasteiger partial charge in [-0.3, -0.25) is 4.79 Å². The zero-order chi connectivity index (χ0) is 21.8. The van der Waals surface area contributed by atoms with Crippen LogP contribution in [0.1, 0.15) is 51.4 Å². The van der Waals surface area contributed by atoms with E-state index in [1.54, 1.807) is 13.0 Å². The average molecular weight is 441 g/mol. The highest BCUT2D eigenvalue weighted by Gasteiger charge is 2.27. The molecule has 1 saturated heterocycles. The van der Waals surface area contributed by atoms with Crippen molar-refractivity contribution in [3.05, 3.63) is 65.6 Å². The third kappa shape index (κ3) is 4.66. The van der Waals surface area contributed by atoms with Crippen LogP contribution < -0.4 is 0 Å². The maximum absolute atomic E-state index is 13.2. The second kappa shape index (κ2) is 9.38. The Balaban J connectivity index is 1.41. The Labute approximate surface area is 184 Å². The van der Waals surface area contributed by atoms with Gasteiger partial charge in [0, 0.05) is 37.1 Å². The van der Waals surface area contributed by atoms with Gasteiger partial charge in [0.1, 0.15) is 5.69 Å². The quantitative estimate of drug-likeness (QED) is 0.426. The van der Waals surface area contributed by atoms with E-state index < -0.39 is 0 Å². The van der Waals surface area contributed by atoms with E-state index >= 15 is 0 Å². The summed E-state index contributed by atoms with van der Waals surface area (Å²) in [6.07, 6.45) is 3.46. The Hall–Kier alpha value is -3.07. The van der Waals surface area contributed by atoms with Gasteiger partial charge in [-0.15, -0.1) is 11.8 Å². The van der Waals surface area contributed by atoms with Crippen molar-refractivity contribution in [3.8, 4) is 0 Å². The molecule has 1 amide bonds. The van der Waals surface area contributed by atoms with Crippen LogP contribution in [-0.2, 0) is 10.5 Å². The maximum Gasteiger partial charge on any atom is 0.354 e. The number of hydrogen-bond donors (Lipinski definition) is 0. The SMILES string of the molecule is COC(=O)c1cccn1C1CCN(C(=O)c2ccccc2SCc2noc(C)n2)CC1. The Morgan fingerprint density at radius 1 is 1.19 bits per heavy atom. The van der Waals surface area contributed by atoms with E-state index in [2.05, 4.69) is 10.1 Å². The summed E-state index contributed by atoms with van der Waals surface area (Å²) in [5.74, 6) is 1.35. The fourth-order valence-corrected chi connectivity index (χ4v) is 4.71. The summed E-state index contributed by atoms with van der Waals surface area (Å²) < 4.78 is 11.9. The standard InChI is InChI=1S/C22H24N4O4S/c1-15-23-20(24-30-15)14-31-19-8-4-3-6-17(19)21(27)25-12-9-16(10-13-25)26-11-5-7-18(26)22(28)29-2/h3-8,11,16H,9-10,12-14H2,1-2H3. The van der Waals surface area contributed by atoms with Crippen molar-refractivity contribution in [2.45, 2.75) is 36.5 Å². The molecular weight excluding hydrogens is 416 g/mol. The number of carbonyl (C=O) groups excluding carboxylic acids is 2. The zero-order valence-electron chi connectivity index (χ0n) is 17.5. The highest BCUT2D eigenvalue weighted by Crippen LogP contribution is 2.29. The molecule has 162 valence electrons. The predicted molar refractivity (Wildman–Crippen MR) is 115 cm³/mol. The number of nitrogens with zero attached hydrogens (tertiary/aromatic N) is 4. The Kier molecular flexibility index (Phi) is 6.41. The number of carbonyl (C=O) groups is 2. The highest BCUT2D eigenvalue weighted by molar-refractivity contribution is 7.98. The van der Waals surface area contributed by atoms with E-state index in [4.69, 9.17) is 9.26 Å². The number of hydrogen-bond acceptors (Lipinski definition) is 7. The van der Waals surface area contributed by atoms with Crippen molar-refractivity contribution in [3.63, 3.8) is 0 Å². The fourth-order valence-electron chi connectivity index (χ4n) is 3.82. The van der Waals surface area contributed by atoms with Crippen molar-refractivity contribution in [2.75, 3.05) is 20.2 Å². The monoisotopic (exact) mass is 440 g/mol. The predicted octanol–water partition coefficient (Wildman–Crippen LogP) is 3.74. The summed E-state index contributed by atoms with van der Waals surface area (Å²) in [6.45, 7) is 3.01. The molecule has 4 rings (SSSR count). The minimum atomic E-state index is -0.341. The second-order valence-corrected chi connectivity index (χ2v) is 8.35. The van der Waals surface area contributed by atoms with Crippen LogP contribution in [0.3, 0.4) is 0 Å². The molecule has 1 fully saturated rings. The van der Waals surface area contributed by atoms with Gasteiger partial charge < -0.3 is 18.7 Å². The summed E-state index contributed by atoms with van der Waals surface area (Å²) >= 11 is 1.52. The van der Waals surface area contributed by atoms with Gasteiger partial charge >= 0.3 is 5.97 Å². The van der Waals surface area contributed by atoms with E-state index in [0.29, 0.717) is 41.8 Å². The minimum Gasteiger partial charge on any atom is -0.464 e. The lowest BCUT2D eigenvalue weighted by molar-refractivity contribution is 0.0573. The number of likely N-dealkylation sites (tertiary alicyclic amines) is 1. The third-order valence-electron chi connectivity index (χ3n) is 5.36. The van der Waals surface area contributed by atoms with Gasteiger partial charge in [0.05, 0.1) is 18.4 Å².